The van der Waals surface area contributed by atoms with Crippen molar-refractivity contribution in [2.75, 3.05) is 0 Å². The molecule has 1 fully saturated rings. The van der Waals surface area contributed by atoms with E-state index in [0.717, 1.165) is 13.1 Å². The number of hydrogen-bond acceptors (Lipinski definition) is 2. The van der Waals surface area contributed by atoms with E-state index in [2.05, 4.69) is 35.0 Å². The third-order valence-corrected chi connectivity index (χ3v) is 3.76. The summed E-state index contributed by atoms with van der Waals surface area (Å²) in [5, 5.41) is 8.01. The van der Waals surface area contributed by atoms with Crippen molar-refractivity contribution in [3.05, 3.63) is 18.0 Å². The molecule has 3 heteroatoms. The Labute approximate surface area is 98.2 Å². The molecule has 0 spiro atoms. The zero-order chi connectivity index (χ0) is 11.4. The first kappa shape index (κ1) is 11.6. The maximum atomic E-state index is 4.30. The fourth-order valence-electron chi connectivity index (χ4n) is 2.61. The van der Waals surface area contributed by atoms with Gasteiger partial charge < -0.3 is 5.32 Å². The van der Waals surface area contributed by atoms with Crippen LogP contribution < -0.4 is 5.32 Å². The number of nitrogens with zero attached hydrogens (tertiary/aromatic N) is 2. The molecule has 0 saturated heterocycles. The predicted octanol–water partition coefficient (Wildman–Crippen LogP) is 2.72. The van der Waals surface area contributed by atoms with Crippen LogP contribution in [0.15, 0.2) is 12.3 Å². The molecule has 0 radical (unpaired) electrons. The van der Waals surface area contributed by atoms with Gasteiger partial charge in [-0.3, -0.25) is 4.68 Å². The van der Waals surface area contributed by atoms with Crippen molar-refractivity contribution < 1.29 is 0 Å². The van der Waals surface area contributed by atoms with Gasteiger partial charge in [-0.05, 0) is 32.8 Å². The SMILES string of the molecule is CCn1nccc1CNC1(C)CCCCC1. The Hall–Kier alpha value is -0.830. The molecule has 0 unspecified atom stereocenters. The van der Waals surface area contributed by atoms with Crippen molar-refractivity contribution in [3.8, 4) is 0 Å². The molecule has 1 saturated carbocycles. The summed E-state index contributed by atoms with van der Waals surface area (Å²) < 4.78 is 2.07. The van der Waals surface area contributed by atoms with E-state index < -0.39 is 0 Å². The summed E-state index contributed by atoms with van der Waals surface area (Å²) in [6.45, 7) is 6.41. The van der Waals surface area contributed by atoms with Crippen LogP contribution in [0.2, 0.25) is 0 Å². The lowest BCUT2D eigenvalue weighted by molar-refractivity contribution is 0.250. The summed E-state index contributed by atoms with van der Waals surface area (Å²) >= 11 is 0. The molecule has 1 aromatic rings. The maximum absolute atomic E-state index is 4.30. The highest BCUT2D eigenvalue weighted by Crippen LogP contribution is 2.27. The molecule has 1 aliphatic carbocycles. The maximum Gasteiger partial charge on any atom is 0.0522 e. The fraction of sp³-hybridized carbons (Fsp3) is 0.769. The van der Waals surface area contributed by atoms with E-state index in [9.17, 15) is 0 Å². The summed E-state index contributed by atoms with van der Waals surface area (Å²) in [5.41, 5.74) is 1.65. The molecule has 0 atom stereocenters. The lowest BCUT2D eigenvalue weighted by atomic mass is 9.83. The van der Waals surface area contributed by atoms with Gasteiger partial charge >= 0.3 is 0 Å². The van der Waals surface area contributed by atoms with Gasteiger partial charge in [0.1, 0.15) is 0 Å². The van der Waals surface area contributed by atoms with Gasteiger partial charge in [-0.2, -0.15) is 5.10 Å². The van der Waals surface area contributed by atoms with Gasteiger partial charge in [-0.1, -0.05) is 19.3 Å². The number of aryl methyl sites for hydroxylation is 1. The molecule has 1 heterocycles. The Kier molecular flexibility index (Phi) is 3.64. The molecule has 90 valence electrons. The van der Waals surface area contributed by atoms with E-state index in [1.54, 1.807) is 0 Å². The number of aromatic nitrogens is 2. The molecule has 1 N–H and O–H groups in total. The van der Waals surface area contributed by atoms with Gasteiger partial charge in [0, 0.05) is 24.8 Å². The Morgan fingerprint density at radius 2 is 2.12 bits per heavy atom. The smallest absolute Gasteiger partial charge is 0.0522 e. The molecule has 0 bridgehead atoms. The predicted molar refractivity (Wildman–Crippen MR) is 66.2 cm³/mol. The monoisotopic (exact) mass is 221 g/mol. The average Bonchev–Trinajstić information content (AvgIpc) is 2.75. The van der Waals surface area contributed by atoms with E-state index in [1.807, 2.05) is 6.20 Å². The van der Waals surface area contributed by atoms with Crippen LogP contribution in [-0.2, 0) is 13.1 Å². The van der Waals surface area contributed by atoms with E-state index in [-0.39, 0.29) is 0 Å². The first-order valence-corrected chi connectivity index (χ1v) is 6.49. The van der Waals surface area contributed by atoms with E-state index >= 15 is 0 Å². The molecule has 1 aliphatic rings. The van der Waals surface area contributed by atoms with Crippen molar-refractivity contribution in [1.29, 1.82) is 0 Å². The minimum absolute atomic E-state index is 0.348. The number of hydrogen-bond donors (Lipinski definition) is 1. The Morgan fingerprint density at radius 1 is 1.38 bits per heavy atom. The van der Waals surface area contributed by atoms with E-state index in [4.69, 9.17) is 0 Å². The highest BCUT2D eigenvalue weighted by molar-refractivity contribution is 5.01. The Bertz CT molecular complexity index is 324. The van der Waals surface area contributed by atoms with Gasteiger partial charge in [-0.25, -0.2) is 0 Å². The van der Waals surface area contributed by atoms with Crippen molar-refractivity contribution in [3.63, 3.8) is 0 Å². The topological polar surface area (TPSA) is 29.9 Å². The number of rotatable bonds is 4. The Balaban J connectivity index is 1.91. The molecule has 2 rings (SSSR count). The normalized spacial score (nSPS) is 19.9. The first-order chi connectivity index (χ1) is 7.73. The summed E-state index contributed by atoms with van der Waals surface area (Å²) in [6.07, 6.45) is 8.67. The van der Waals surface area contributed by atoms with Gasteiger partial charge in [0.05, 0.1) is 5.69 Å². The van der Waals surface area contributed by atoms with Crippen LogP contribution in [0.25, 0.3) is 0 Å². The first-order valence-electron chi connectivity index (χ1n) is 6.49. The van der Waals surface area contributed by atoms with Crippen molar-refractivity contribution in [1.82, 2.24) is 15.1 Å². The zero-order valence-electron chi connectivity index (χ0n) is 10.5. The van der Waals surface area contributed by atoms with E-state index in [0.29, 0.717) is 5.54 Å². The highest BCUT2D eigenvalue weighted by atomic mass is 15.3. The van der Waals surface area contributed by atoms with Crippen molar-refractivity contribution in [2.45, 2.75) is 64.6 Å². The van der Waals surface area contributed by atoms with Crippen LogP contribution in [0.3, 0.4) is 0 Å². The molecule has 0 aliphatic heterocycles. The highest BCUT2D eigenvalue weighted by Gasteiger charge is 2.25. The second-order valence-corrected chi connectivity index (χ2v) is 5.11. The van der Waals surface area contributed by atoms with Crippen LogP contribution in [0.5, 0.6) is 0 Å². The summed E-state index contributed by atoms with van der Waals surface area (Å²) in [5.74, 6) is 0. The minimum atomic E-state index is 0.348. The van der Waals surface area contributed by atoms with Crippen LogP contribution in [0, 0.1) is 0 Å². The van der Waals surface area contributed by atoms with Crippen molar-refractivity contribution in [2.24, 2.45) is 0 Å². The van der Waals surface area contributed by atoms with E-state index in [1.165, 1.54) is 37.8 Å². The summed E-state index contributed by atoms with van der Waals surface area (Å²) in [6, 6.07) is 2.11. The average molecular weight is 221 g/mol. The van der Waals surface area contributed by atoms with Gasteiger partial charge in [0.15, 0.2) is 0 Å². The second-order valence-electron chi connectivity index (χ2n) is 5.11. The lowest BCUT2D eigenvalue weighted by Gasteiger charge is -2.34. The summed E-state index contributed by atoms with van der Waals surface area (Å²) in [7, 11) is 0. The molecule has 3 nitrogen and oxygen atoms in total. The molecule has 0 amide bonds. The largest absolute Gasteiger partial charge is 0.306 e. The van der Waals surface area contributed by atoms with Crippen LogP contribution >= 0.6 is 0 Å². The fourth-order valence-corrected chi connectivity index (χ4v) is 2.61. The van der Waals surface area contributed by atoms with Gasteiger partial charge in [0.2, 0.25) is 0 Å². The minimum Gasteiger partial charge on any atom is -0.306 e. The molecule has 1 aromatic heterocycles. The molecular formula is C13H23N3. The molecule has 0 aromatic carbocycles. The third-order valence-electron chi connectivity index (χ3n) is 3.76. The third kappa shape index (κ3) is 2.64. The quantitative estimate of drug-likeness (QED) is 0.847. The van der Waals surface area contributed by atoms with Gasteiger partial charge in [0.25, 0.3) is 0 Å². The zero-order valence-corrected chi connectivity index (χ0v) is 10.5. The van der Waals surface area contributed by atoms with Crippen molar-refractivity contribution >= 4 is 0 Å². The Morgan fingerprint density at radius 3 is 2.81 bits per heavy atom. The molecular weight excluding hydrogens is 198 g/mol. The van der Waals surface area contributed by atoms with Crippen LogP contribution in [0.4, 0.5) is 0 Å². The summed E-state index contributed by atoms with van der Waals surface area (Å²) in [4.78, 5) is 0. The second kappa shape index (κ2) is 5.00. The van der Waals surface area contributed by atoms with Crippen LogP contribution in [-0.4, -0.2) is 15.3 Å². The molecule has 16 heavy (non-hydrogen) atoms. The van der Waals surface area contributed by atoms with Crippen LogP contribution in [0.1, 0.15) is 51.6 Å². The number of nitrogens with one attached hydrogen (secondary N) is 1. The van der Waals surface area contributed by atoms with Gasteiger partial charge in [-0.15, -0.1) is 0 Å². The lowest BCUT2D eigenvalue weighted by Crippen LogP contribution is -2.43. The standard InChI is InChI=1S/C13H23N3/c1-3-16-12(7-10-15-16)11-14-13(2)8-5-4-6-9-13/h7,10,14H,3-6,8-9,11H2,1-2H3.